The molecule has 5 nitrogen and oxygen atoms in total. The van der Waals surface area contributed by atoms with Crippen molar-refractivity contribution in [2.45, 2.75) is 38.6 Å². The van der Waals surface area contributed by atoms with Crippen LogP contribution in [0.15, 0.2) is 42.6 Å². The first-order chi connectivity index (χ1) is 15.4. The summed E-state index contributed by atoms with van der Waals surface area (Å²) < 4.78 is 21.2. The zero-order chi connectivity index (χ0) is 22.7. The highest BCUT2D eigenvalue weighted by molar-refractivity contribution is 6.32. The molecule has 0 amide bonds. The maximum absolute atomic E-state index is 13.4. The van der Waals surface area contributed by atoms with Gasteiger partial charge in [-0.25, -0.2) is 4.39 Å². The van der Waals surface area contributed by atoms with Crippen LogP contribution >= 0.6 is 11.6 Å². The third-order valence-corrected chi connectivity index (χ3v) is 6.43. The fourth-order valence-corrected chi connectivity index (χ4v) is 4.70. The van der Waals surface area contributed by atoms with Crippen LogP contribution in [0, 0.1) is 11.7 Å². The molecule has 5 rings (SSSR count). The number of benzene rings is 2. The molecule has 170 valence electrons. The van der Waals surface area contributed by atoms with Crippen LogP contribution in [-0.2, 0) is 11.3 Å². The Labute approximate surface area is 192 Å². The number of rotatable bonds is 2. The van der Waals surface area contributed by atoms with Crippen molar-refractivity contribution >= 4 is 28.5 Å². The second-order valence-electron chi connectivity index (χ2n) is 8.56. The number of halogens is 2. The van der Waals surface area contributed by atoms with Gasteiger partial charge in [-0.05, 0) is 56.3 Å². The fourth-order valence-electron chi connectivity index (χ4n) is 4.41. The molecule has 0 radical (unpaired) electrons. The average Bonchev–Trinajstić information content (AvgIpc) is 3.09. The Hall–Kier alpha value is -2.57. The highest BCUT2D eigenvalue weighted by Gasteiger charge is 2.19. The molecular formula is C25H28ClFN2O3. The van der Waals surface area contributed by atoms with E-state index in [1.54, 1.807) is 6.07 Å². The van der Waals surface area contributed by atoms with Crippen molar-refractivity contribution in [3.8, 4) is 11.4 Å². The third-order valence-electron chi connectivity index (χ3n) is 6.15. The van der Waals surface area contributed by atoms with Crippen LogP contribution in [0.1, 0.15) is 37.7 Å². The van der Waals surface area contributed by atoms with Gasteiger partial charge < -0.3 is 14.4 Å². The van der Waals surface area contributed by atoms with Crippen LogP contribution in [0.4, 0.5) is 4.39 Å². The van der Waals surface area contributed by atoms with Crippen molar-refractivity contribution in [3.05, 3.63) is 59.0 Å². The lowest BCUT2D eigenvalue weighted by Crippen LogP contribution is -2.20. The second-order valence-corrected chi connectivity index (χ2v) is 8.97. The summed E-state index contributed by atoms with van der Waals surface area (Å²) >= 11 is 6.44. The van der Waals surface area contributed by atoms with Gasteiger partial charge in [0.15, 0.2) is 0 Å². The van der Waals surface area contributed by atoms with Gasteiger partial charge in [0.25, 0.3) is 0 Å². The molecule has 0 unspecified atom stereocenters. The number of carbonyl (C=O) groups is 1. The summed E-state index contributed by atoms with van der Waals surface area (Å²) in [7, 11) is 2.06. The Balaban J connectivity index is 0.000000230. The van der Waals surface area contributed by atoms with Gasteiger partial charge in [-0.2, -0.15) is 0 Å². The van der Waals surface area contributed by atoms with E-state index < -0.39 is 5.97 Å². The largest absolute Gasteiger partial charge is 0.490 e. The maximum Gasteiger partial charge on any atom is 0.306 e. The van der Waals surface area contributed by atoms with Crippen LogP contribution in [0.5, 0.6) is 5.75 Å². The molecule has 7 heteroatoms. The number of fused-ring (bicyclic) bond motifs is 2. The van der Waals surface area contributed by atoms with Crippen molar-refractivity contribution in [3.63, 3.8) is 0 Å². The van der Waals surface area contributed by atoms with Crippen molar-refractivity contribution in [1.82, 2.24) is 9.47 Å². The Morgan fingerprint density at radius 2 is 1.94 bits per heavy atom. The Bertz CT molecular complexity index is 1110. The van der Waals surface area contributed by atoms with E-state index in [-0.39, 0.29) is 11.7 Å². The molecule has 1 aromatic heterocycles. The first-order valence-corrected chi connectivity index (χ1v) is 11.4. The minimum absolute atomic E-state index is 0.0289. The van der Waals surface area contributed by atoms with Gasteiger partial charge in [0.2, 0.25) is 0 Å². The molecule has 0 bridgehead atoms. The SMILES string of the molecule is CN1CCOc2c(Cl)cc(-n3ccc4cc(F)ccc43)cc2C1.O=C(O)C1CCCCC1. The molecule has 1 fully saturated rings. The smallest absolute Gasteiger partial charge is 0.306 e. The van der Waals surface area contributed by atoms with Gasteiger partial charge in [0.05, 0.1) is 16.5 Å². The highest BCUT2D eigenvalue weighted by Crippen LogP contribution is 2.35. The number of hydrogen-bond donors (Lipinski definition) is 1. The van der Waals surface area contributed by atoms with E-state index in [9.17, 15) is 9.18 Å². The molecule has 0 atom stereocenters. The Morgan fingerprint density at radius 3 is 2.66 bits per heavy atom. The molecule has 1 aliphatic heterocycles. The molecule has 2 heterocycles. The predicted molar refractivity (Wildman–Crippen MR) is 124 cm³/mol. The van der Waals surface area contributed by atoms with Gasteiger partial charge in [-0.3, -0.25) is 9.69 Å². The average molecular weight is 459 g/mol. The first-order valence-electron chi connectivity index (χ1n) is 11.1. The summed E-state index contributed by atoms with van der Waals surface area (Å²) in [6, 6.07) is 10.7. The number of likely N-dealkylation sites (N-methyl/N-ethyl adjacent to an activating group) is 1. The lowest BCUT2D eigenvalue weighted by atomic mass is 9.90. The van der Waals surface area contributed by atoms with Gasteiger partial charge in [-0.15, -0.1) is 0 Å². The minimum Gasteiger partial charge on any atom is -0.490 e. The van der Waals surface area contributed by atoms with Gasteiger partial charge >= 0.3 is 5.97 Å². The van der Waals surface area contributed by atoms with Crippen LogP contribution in [-0.4, -0.2) is 40.7 Å². The molecule has 2 aliphatic rings. The monoisotopic (exact) mass is 458 g/mol. The molecule has 1 aliphatic carbocycles. The number of nitrogens with zero attached hydrogens (tertiary/aromatic N) is 2. The molecule has 1 N–H and O–H groups in total. The van der Waals surface area contributed by atoms with Gasteiger partial charge in [0, 0.05) is 35.9 Å². The van der Waals surface area contributed by atoms with Crippen molar-refractivity contribution in [2.75, 3.05) is 20.2 Å². The van der Waals surface area contributed by atoms with Crippen LogP contribution in [0.25, 0.3) is 16.6 Å². The number of aliphatic carboxylic acids is 1. The quantitative estimate of drug-likeness (QED) is 0.519. The lowest BCUT2D eigenvalue weighted by molar-refractivity contribution is -0.142. The van der Waals surface area contributed by atoms with E-state index in [4.69, 9.17) is 21.4 Å². The minimum atomic E-state index is -0.602. The second kappa shape index (κ2) is 9.92. The van der Waals surface area contributed by atoms with Crippen molar-refractivity contribution in [2.24, 2.45) is 5.92 Å². The summed E-state index contributed by atoms with van der Waals surface area (Å²) in [5.41, 5.74) is 2.97. The summed E-state index contributed by atoms with van der Waals surface area (Å²) in [5, 5.41) is 10.0. The number of aromatic nitrogens is 1. The van der Waals surface area contributed by atoms with Crippen molar-refractivity contribution < 1.29 is 19.0 Å². The number of ether oxygens (including phenoxy) is 1. The van der Waals surface area contributed by atoms with Crippen LogP contribution in [0.3, 0.4) is 0 Å². The van der Waals surface area contributed by atoms with E-state index in [1.165, 1.54) is 18.6 Å². The van der Waals surface area contributed by atoms with E-state index >= 15 is 0 Å². The van der Waals surface area contributed by atoms with E-state index in [0.29, 0.717) is 11.6 Å². The summed E-state index contributed by atoms with van der Waals surface area (Å²) in [6.07, 6.45) is 7.17. The summed E-state index contributed by atoms with van der Waals surface area (Å²) in [5.74, 6) is -0.0963. The first kappa shape index (κ1) is 22.6. The molecule has 2 aromatic carbocycles. The predicted octanol–water partition coefficient (Wildman–Crippen LogP) is 5.90. The van der Waals surface area contributed by atoms with E-state index in [0.717, 1.165) is 66.7 Å². The normalized spacial score (nSPS) is 17.1. The van der Waals surface area contributed by atoms with E-state index in [2.05, 4.69) is 18.0 Å². The van der Waals surface area contributed by atoms with Crippen molar-refractivity contribution in [1.29, 1.82) is 0 Å². The fraction of sp³-hybridized carbons (Fsp3) is 0.400. The third kappa shape index (κ3) is 5.08. The standard InChI is InChI=1S/C18H16ClFN2O.C7H12O2/c1-21-6-7-23-18-13(11-21)9-15(10-16(18)19)22-5-4-12-8-14(20)2-3-17(12)22;8-7(9)6-4-2-1-3-5-6/h2-5,8-10H,6-7,11H2,1H3;6H,1-5H2,(H,8,9). The summed E-state index contributed by atoms with van der Waals surface area (Å²) in [6.45, 7) is 2.29. The van der Waals surface area contributed by atoms with Gasteiger partial charge in [-0.1, -0.05) is 30.9 Å². The zero-order valence-corrected chi connectivity index (χ0v) is 18.9. The zero-order valence-electron chi connectivity index (χ0n) is 18.2. The molecule has 3 aromatic rings. The number of carboxylic acid groups (broad SMARTS) is 1. The topological polar surface area (TPSA) is 54.7 Å². The highest BCUT2D eigenvalue weighted by atomic mass is 35.5. The van der Waals surface area contributed by atoms with Gasteiger partial charge in [0.1, 0.15) is 18.2 Å². The molecule has 0 spiro atoms. The maximum atomic E-state index is 13.4. The van der Waals surface area contributed by atoms with Crippen LogP contribution < -0.4 is 4.74 Å². The molecule has 32 heavy (non-hydrogen) atoms. The summed E-state index contributed by atoms with van der Waals surface area (Å²) in [4.78, 5) is 12.6. The Morgan fingerprint density at radius 1 is 1.16 bits per heavy atom. The number of carboxylic acids is 1. The van der Waals surface area contributed by atoms with Crippen LogP contribution in [0.2, 0.25) is 5.02 Å². The molecular weight excluding hydrogens is 431 g/mol. The molecule has 1 saturated carbocycles. The van der Waals surface area contributed by atoms with E-state index in [1.807, 2.05) is 22.9 Å². The number of hydrogen-bond acceptors (Lipinski definition) is 3. The lowest BCUT2D eigenvalue weighted by Gasteiger charge is -2.16. The Kier molecular flexibility index (Phi) is 7.01. The molecule has 0 saturated heterocycles.